The Morgan fingerprint density at radius 2 is 1.80 bits per heavy atom. The van der Waals surface area contributed by atoms with E-state index in [0.717, 1.165) is 25.4 Å². The van der Waals surface area contributed by atoms with Gasteiger partial charge in [-0.3, -0.25) is 0 Å². The molecule has 0 heterocycles. The van der Waals surface area contributed by atoms with Crippen molar-refractivity contribution in [2.75, 3.05) is 19.5 Å². The predicted octanol–water partition coefficient (Wildman–Crippen LogP) is 3.53. The molecular weight excluding hydrogens is 206 g/mol. The maximum atomic E-state index is 5.63. The number of halogens is 1. The van der Waals surface area contributed by atoms with Gasteiger partial charge in [0.1, 0.15) is 0 Å². The second-order valence-electron chi connectivity index (χ2n) is 3.97. The molecule has 0 atom stereocenters. The minimum atomic E-state index is 0.794. The zero-order valence-electron chi connectivity index (χ0n) is 9.45. The molecule has 0 aliphatic rings. The summed E-state index contributed by atoms with van der Waals surface area (Å²) in [6.07, 6.45) is 3.62. The van der Waals surface area contributed by atoms with E-state index in [0.29, 0.717) is 0 Å². The Morgan fingerprint density at radius 3 is 2.47 bits per heavy atom. The molecule has 2 heteroatoms. The van der Waals surface area contributed by atoms with Crippen LogP contribution in [0, 0.1) is 0 Å². The predicted molar refractivity (Wildman–Crippen MR) is 67.3 cm³/mol. The van der Waals surface area contributed by atoms with Crippen LogP contribution in [0.3, 0.4) is 0 Å². The first-order chi connectivity index (χ1) is 7.33. The zero-order valence-corrected chi connectivity index (χ0v) is 10.2. The van der Waals surface area contributed by atoms with E-state index in [4.69, 9.17) is 11.6 Å². The molecule has 0 spiro atoms. The van der Waals surface area contributed by atoms with Crippen LogP contribution in [0.2, 0.25) is 0 Å². The molecule has 0 bridgehead atoms. The second-order valence-corrected chi connectivity index (χ2v) is 4.35. The third-order valence-corrected chi connectivity index (χ3v) is 2.74. The first-order valence-electron chi connectivity index (χ1n) is 5.61. The van der Waals surface area contributed by atoms with Gasteiger partial charge >= 0.3 is 0 Å². The Bertz CT molecular complexity index is 248. The molecule has 84 valence electrons. The summed E-state index contributed by atoms with van der Waals surface area (Å²) >= 11 is 5.63. The molecule has 0 aliphatic carbocycles. The first kappa shape index (κ1) is 12.5. The van der Waals surface area contributed by atoms with E-state index in [2.05, 4.69) is 42.3 Å². The van der Waals surface area contributed by atoms with Crippen LogP contribution in [0.25, 0.3) is 0 Å². The number of alkyl halides is 1. The monoisotopic (exact) mass is 225 g/mol. The third kappa shape index (κ3) is 5.81. The first-order valence-corrected chi connectivity index (χ1v) is 6.15. The van der Waals surface area contributed by atoms with Gasteiger partial charge in [-0.25, -0.2) is 0 Å². The number of benzene rings is 1. The molecular formula is C13H20ClN. The van der Waals surface area contributed by atoms with Crippen LogP contribution >= 0.6 is 11.6 Å². The van der Waals surface area contributed by atoms with Crippen LogP contribution in [0.4, 0.5) is 0 Å². The summed E-state index contributed by atoms with van der Waals surface area (Å²) in [5.74, 6) is 0.794. The summed E-state index contributed by atoms with van der Waals surface area (Å²) in [6, 6.07) is 10.6. The molecule has 0 saturated carbocycles. The summed E-state index contributed by atoms with van der Waals surface area (Å²) < 4.78 is 0. The molecule has 15 heavy (non-hydrogen) atoms. The van der Waals surface area contributed by atoms with E-state index < -0.39 is 0 Å². The Hall–Kier alpha value is -0.530. The average Bonchev–Trinajstić information content (AvgIpc) is 2.26. The summed E-state index contributed by atoms with van der Waals surface area (Å²) in [6.45, 7) is 2.20. The number of hydrogen-bond acceptors (Lipinski definition) is 1. The largest absolute Gasteiger partial charge is 0.302 e. The summed E-state index contributed by atoms with van der Waals surface area (Å²) in [5, 5.41) is 0. The highest BCUT2D eigenvalue weighted by Gasteiger charge is 1.99. The second kappa shape index (κ2) is 7.72. The van der Waals surface area contributed by atoms with E-state index in [1.54, 1.807) is 0 Å². The van der Waals surface area contributed by atoms with Gasteiger partial charge in [0, 0.05) is 12.4 Å². The average molecular weight is 226 g/mol. The van der Waals surface area contributed by atoms with E-state index >= 15 is 0 Å². The fourth-order valence-corrected chi connectivity index (χ4v) is 1.82. The molecule has 1 rings (SSSR count). The van der Waals surface area contributed by atoms with E-state index in [-0.39, 0.29) is 0 Å². The van der Waals surface area contributed by atoms with Crippen molar-refractivity contribution in [3.8, 4) is 0 Å². The molecule has 1 aromatic carbocycles. The van der Waals surface area contributed by atoms with Crippen molar-refractivity contribution in [2.45, 2.75) is 25.8 Å². The number of nitrogens with zero attached hydrogens (tertiary/aromatic N) is 1. The van der Waals surface area contributed by atoms with Gasteiger partial charge in [-0.15, -0.1) is 11.6 Å². The molecule has 0 aromatic heterocycles. The van der Waals surface area contributed by atoms with Gasteiger partial charge in [-0.1, -0.05) is 36.8 Å². The molecule has 0 aliphatic heterocycles. The Kier molecular flexibility index (Phi) is 6.45. The highest BCUT2D eigenvalue weighted by atomic mass is 35.5. The van der Waals surface area contributed by atoms with Crippen molar-refractivity contribution in [3.05, 3.63) is 35.9 Å². The molecule has 0 unspecified atom stereocenters. The molecule has 0 radical (unpaired) electrons. The normalized spacial score (nSPS) is 10.9. The van der Waals surface area contributed by atoms with Gasteiger partial charge in [-0.2, -0.15) is 0 Å². The molecule has 0 N–H and O–H groups in total. The van der Waals surface area contributed by atoms with Crippen molar-refractivity contribution in [1.82, 2.24) is 4.90 Å². The lowest BCUT2D eigenvalue weighted by atomic mass is 10.2. The Morgan fingerprint density at radius 1 is 1.07 bits per heavy atom. The molecule has 1 nitrogen and oxygen atoms in total. The standard InChI is InChI=1S/C13H20ClN/c1-15(11-7-3-6-10-14)12-13-8-4-2-5-9-13/h2,4-5,8-9H,3,6-7,10-12H2,1H3. The lowest BCUT2D eigenvalue weighted by Crippen LogP contribution is -2.18. The van der Waals surface area contributed by atoms with Crippen LogP contribution < -0.4 is 0 Å². The van der Waals surface area contributed by atoms with Gasteiger partial charge < -0.3 is 4.90 Å². The van der Waals surface area contributed by atoms with Crippen molar-refractivity contribution < 1.29 is 0 Å². The van der Waals surface area contributed by atoms with Crippen LogP contribution in [-0.2, 0) is 6.54 Å². The van der Waals surface area contributed by atoms with Crippen molar-refractivity contribution in [3.63, 3.8) is 0 Å². The van der Waals surface area contributed by atoms with Gasteiger partial charge in [0.15, 0.2) is 0 Å². The smallest absolute Gasteiger partial charge is 0.0230 e. The van der Waals surface area contributed by atoms with Crippen molar-refractivity contribution in [1.29, 1.82) is 0 Å². The molecule has 0 saturated heterocycles. The van der Waals surface area contributed by atoms with Crippen molar-refractivity contribution >= 4 is 11.6 Å². The number of unbranched alkanes of at least 4 members (excludes halogenated alkanes) is 2. The topological polar surface area (TPSA) is 3.24 Å². The Labute approximate surface area is 98.0 Å². The third-order valence-electron chi connectivity index (χ3n) is 2.47. The maximum Gasteiger partial charge on any atom is 0.0230 e. The summed E-state index contributed by atoms with van der Waals surface area (Å²) in [4.78, 5) is 2.36. The number of rotatable bonds is 7. The van der Waals surface area contributed by atoms with Gasteiger partial charge in [-0.05, 0) is 32.0 Å². The SMILES string of the molecule is CN(CCCCCCl)Cc1ccccc1. The van der Waals surface area contributed by atoms with E-state index in [1.807, 2.05) is 0 Å². The lowest BCUT2D eigenvalue weighted by Gasteiger charge is -2.16. The van der Waals surface area contributed by atoms with Crippen LogP contribution in [0.1, 0.15) is 24.8 Å². The molecule has 0 amide bonds. The van der Waals surface area contributed by atoms with Gasteiger partial charge in [0.05, 0.1) is 0 Å². The minimum absolute atomic E-state index is 0.794. The van der Waals surface area contributed by atoms with E-state index in [1.165, 1.54) is 18.4 Å². The van der Waals surface area contributed by atoms with Gasteiger partial charge in [0.2, 0.25) is 0 Å². The molecule has 0 fully saturated rings. The fourth-order valence-electron chi connectivity index (χ4n) is 1.63. The highest BCUT2D eigenvalue weighted by molar-refractivity contribution is 6.17. The quantitative estimate of drug-likeness (QED) is 0.507. The maximum absolute atomic E-state index is 5.63. The van der Waals surface area contributed by atoms with Crippen molar-refractivity contribution in [2.24, 2.45) is 0 Å². The highest BCUT2D eigenvalue weighted by Crippen LogP contribution is 2.04. The lowest BCUT2D eigenvalue weighted by molar-refractivity contribution is 0.318. The molecule has 1 aromatic rings. The van der Waals surface area contributed by atoms with Gasteiger partial charge in [0.25, 0.3) is 0 Å². The van der Waals surface area contributed by atoms with E-state index in [9.17, 15) is 0 Å². The zero-order chi connectivity index (χ0) is 10.9. The summed E-state index contributed by atoms with van der Waals surface area (Å²) in [7, 11) is 2.17. The van der Waals surface area contributed by atoms with Crippen LogP contribution in [0.5, 0.6) is 0 Å². The minimum Gasteiger partial charge on any atom is -0.302 e. The van der Waals surface area contributed by atoms with Crippen LogP contribution in [-0.4, -0.2) is 24.4 Å². The van der Waals surface area contributed by atoms with Crippen LogP contribution in [0.15, 0.2) is 30.3 Å². The summed E-state index contributed by atoms with van der Waals surface area (Å²) in [5.41, 5.74) is 1.39. The Balaban J connectivity index is 2.16. The number of hydrogen-bond donors (Lipinski definition) is 0. The fraction of sp³-hybridized carbons (Fsp3) is 0.538.